The smallest absolute Gasteiger partial charge is 0.270 e. The van der Waals surface area contributed by atoms with Gasteiger partial charge in [-0.05, 0) is 13.0 Å². The highest BCUT2D eigenvalue weighted by molar-refractivity contribution is 6.39. The number of hydrogen-bond donors (Lipinski definition) is 0. The first-order valence-electron chi connectivity index (χ1n) is 7.46. The molecule has 7 heteroatoms. The molecule has 0 aliphatic carbocycles. The second-order valence-corrected chi connectivity index (χ2v) is 5.44. The van der Waals surface area contributed by atoms with Crippen LogP contribution < -0.4 is 0 Å². The van der Waals surface area contributed by atoms with E-state index in [0.29, 0.717) is 31.7 Å². The van der Waals surface area contributed by atoms with Crippen molar-refractivity contribution in [1.29, 1.82) is 0 Å². The van der Waals surface area contributed by atoms with E-state index in [1.54, 1.807) is 14.2 Å². The normalized spacial score (nSPS) is 21.2. The average molecular weight is 296 g/mol. The third kappa shape index (κ3) is 4.25. The van der Waals surface area contributed by atoms with Crippen molar-refractivity contribution in [3.05, 3.63) is 0 Å². The Balaban J connectivity index is 1.91. The van der Waals surface area contributed by atoms with E-state index >= 15 is 0 Å². The van der Waals surface area contributed by atoms with Gasteiger partial charge in [-0.25, -0.2) is 5.01 Å². The molecule has 0 aromatic heterocycles. The number of nitrogens with zero attached hydrogens (tertiary/aromatic N) is 4. The third-order valence-corrected chi connectivity index (χ3v) is 3.94. The van der Waals surface area contributed by atoms with Gasteiger partial charge in [0.25, 0.3) is 5.91 Å². The zero-order valence-corrected chi connectivity index (χ0v) is 12.9. The Bertz CT molecular complexity index is 424. The van der Waals surface area contributed by atoms with Crippen molar-refractivity contribution in [3.63, 3.8) is 0 Å². The van der Waals surface area contributed by atoms with E-state index in [1.165, 1.54) is 5.01 Å². The maximum absolute atomic E-state index is 12.5. The van der Waals surface area contributed by atoms with E-state index in [2.05, 4.69) is 10.0 Å². The number of hydrazone groups is 1. The van der Waals surface area contributed by atoms with Gasteiger partial charge in [0, 0.05) is 53.2 Å². The van der Waals surface area contributed by atoms with Gasteiger partial charge >= 0.3 is 0 Å². The third-order valence-electron chi connectivity index (χ3n) is 3.94. The lowest BCUT2D eigenvalue weighted by Gasteiger charge is -2.25. The zero-order valence-electron chi connectivity index (χ0n) is 12.9. The first-order valence-corrected chi connectivity index (χ1v) is 7.46. The van der Waals surface area contributed by atoms with Gasteiger partial charge in [-0.1, -0.05) is 0 Å². The van der Waals surface area contributed by atoms with Crippen molar-refractivity contribution < 1.29 is 14.3 Å². The van der Waals surface area contributed by atoms with Crippen LogP contribution >= 0.6 is 0 Å². The summed E-state index contributed by atoms with van der Waals surface area (Å²) in [5, 5.41) is 5.39. The number of rotatable bonds is 4. The van der Waals surface area contributed by atoms with Crippen LogP contribution in [0.4, 0.5) is 0 Å². The van der Waals surface area contributed by atoms with Crippen LogP contribution in [-0.2, 0) is 14.3 Å². The maximum Gasteiger partial charge on any atom is 0.270 e. The van der Waals surface area contributed by atoms with E-state index < -0.39 is 0 Å². The average Bonchev–Trinajstić information content (AvgIpc) is 2.73. The summed E-state index contributed by atoms with van der Waals surface area (Å²) in [6.45, 7) is 4.91. The van der Waals surface area contributed by atoms with Crippen LogP contribution in [0, 0.1) is 0 Å². The van der Waals surface area contributed by atoms with E-state index in [1.807, 2.05) is 4.90 Å². The lowest BCUT2D eigenvalue weighted by atomic mass is 10.1. The molecule has 1 saturated heterocycles. The van der Waals surface area contributed by atoms with Crippen molar-refractivity contribution >= 4 is 17.5 Å². The van der Waals surface area contributed by atoms with Crippen molar-refractivity contribution in [3.8, 4) is 0 Å². The molecule has 2 heterocycles. The standard InChI is InChI=1S/C14H24N4O3/c1-16-13(19)5-4-12(15-16)14(20)18-7-3-6-17(8-9-18)10-11-21-2/h3-11H2,1-2H3. The van der Waals surface area contributed by atoms with Crippen LogP contribution in [0.2, 0.25) is 0 Å². The molecule has 0 radical (unpaired) electrons. The predicted octanol–water partition coefficient (Wildman–Crippen LogP) is -0.225. The quantitative estimate of drug-likeness (QED) is 0.719. The molecule has 0 saturated carbocycles. The number of methoxy groups -OCH3 is 1. The van der Waals surface area contributed by atoms with E-state index in [0.717, 1.165) is 32.6 Å². The second-order valence-electron chi connectivity index (χ2n) is 5.44. The summed E-state index contributed by atoms with van der Waals surface area (Å²) in [7, 11) is 3.30. The minimum Gasteiger partial charge on any atom is -0.383 e. The summed E-state index contributed by atoms with van der Waals surface area (Å²) >= 11 is 0. The highest BCUT2D eigenvalue weighted by Crippen LogP contribution is 2.11. The number of amides is 2. The molecule has 2 aliphatic heterocycles. The van der Waals surface area contributed by atoms with Crippen molar-refractivity contribution in [2.24, 2.45) is 5.10 Å². The molecule has 21 heavy (non-hydrogen) atoms. The lowest BCUT2D eigenvalue weighted by Crippen LogP contribution is -2.42. The molecular weight excluding hydrogens is 272 g/mol. The molecule has 2 amide bonds. The van der Waals surface area contributed by atoms with Crippen molar-refractivity contribution in [2.45, 2.75) is 19.3 Å². The fourth-order valence-corrected chi connectivity index (χ4v) is 2.62. The van der Waals surface area contributed by atoms with Gasteiger partial charge in [-0.2, -0.15) is 5.10 Å². The molecule has 1 fully saturated rings. The predicted molar refractivity (Wildman–Crippen MR) is 79.0 cm³/mol. The summed E-state index contributed by atoms with van der Waals surface area (Å²) < 4.78 is 5.10. The molecule has 2 aliphatic rings. The Morgan fingerprint density at radius 2 is 2.05 bits per heavy atom. The Kier molecular flexibility index (Phi) is 5.69. The van der Waals surface area contributed by atoms with Crippen molar-refractivity contribution in [2.75, 3.05) is 53.5 Å². The zero-order chi connectivity index (χ0) is 15.2. The van der Waals surface area contributed by atoms with Crippen LogP contribution in [0.3, 0.4) is 0 Å². The Morgan fingerprint density at radius 3 is 2.76 bits per heavy atom. The lowest BCUT2D eigenvalue weighted by molar-refractivity contribution is -0.130. The topological polar surface area (TPSA) is 65.5 Å². The van der Waals surface area contributed by atoms with Crippen LogP contribution in [0.15, 0.2) is 5.10 Å². The largest absolute Gasteiger partial charge is 0.383 e. The molecule has 118 valence electrons. The summed E-state index contributed by atoms with van der Waals surface area (Å²) in [6, 6.07) is 0. The van der Waals surface area contributed by atoms with Gasteiger partial charge in [0.2, 0.25) is 5.91 Å². The molecule has 0 N–H and O–H groups in total. The number of ether oxygens (including phenoxy) is 1. The van der Waals surface area contributed by atoms with Crippen LogP contribution in [-0.4, -0.2) is 85.8 Å². The number of carbonyl (C=O) groups excluding carboxylic acids is 2. The fourth-order valence-electron chi connectivity index (χ4n) is 2.62. The summed E-state index contributed by atoms with van der Waals surface area (Å²) in [5.41, 5.74) is 0.502. The second kappa shape index (κ2) is 7.51. The van der Waals surface area contributed by atoms with Crippen LogP contribution in [0.5, 0.6) is 0 Å². The van der Waals surface area contributed by atoms with Crippen LogP contribution in [0.1, 0.15) is 19.3 Å². The monoisotopic (exact) mass is 296 g/mol. The van der Waals surface area contributed by atoms with E-state index in [4.69, 9.17) is 4.74 Å². The number of hydrogen-bond acceptors (Lipinski definition) is 5. The Labute approximate surface area is 125 Å². The van der Waals surface area contributed by atoms with E-state index in [-0.39, 0.29) is 11.8 Å². The Hall–Kier alpha value is -1.47. The Morgan fingerprint density at radius 1 is 1.24 bits per heavy atom. The summed E-state index contributed by atoms with van der Waals surface area (Å²) in [4.78, 5) is 28.1. The highest BCUT2D eigenvalue weighted by atomic mass is 16.5. The number of carbonyl (C=O) groups is 2. The maximum atomic E-state index is 12.5. The highest BCUT2D eigenvalue weighted by Gasteiger charge is 2.27. The van der Waals surface area contributed by atoms with Crippen molar-refractivity contribution in [1.82, 2.24) is 14.8 Å². The minimum absolute atomic E-state index is 0.0251. The van der Waals surface area contributed by atoms with Gasteiger partial charge in [-0.3, -0.25) is 14.5 Å². The molecule has 0 bridgehead atoms. The van der Waals surface area contributed by atoms with Gasteiger partial charge in [0.05, 0.1) is 6.61 Å². The molecule has 0 aromatic carbocycles. The summed E-state index contributed by atoms with van der Waals surface area (Å²) in [6.07, 6.45) is 1.78. The van der Waals surface area contributed by atoms with Gasteiger partial charge in [0.1, 0.15) is 5.71 Å². The molecule has 0 unspecified atom stereocenters. The summed E-state index contributed by atoms with van der Waals surface area (Å²) in [5.74, 6) is -0.0592. The first-order chi connectivity index (χ1) is 10.1. The molecule has 0 spiro atoms. The molecular formula is C14H24N4O3. The molecule has 2 rings (SSSR count). The fraction of sp³-hybridized carbons (Fsp3) is 0.786. The minimum atomic E-state index is -0.0341. The first kappa shape index (κ1) is 15.9. The molecule has 0 aromatic rings. The van der Waals surface area contributed by atoms with Gasteiger partial charge in [-0.15, -0.1) is 0 Å². The molecule has 7 nitrogen and oxygen atoms in total. The SMILES string of the molecule is COCCN1CCCN(C(=O)C2=NN(C)C(=O)CC2)CC1. The van der Waals surface area contributed by atoms with E-state index in [9.17, 15) is 9.59 Å². The van der Waals surface area contributed by atoms with Gasteiger partial charge < -0.3 is 9.64 Å². The van der Waals surface area contributed by atoms with Gasteiger partial charge in [0.15, 0.2) is 0 Å². The van der Waals surface area contributed by atoms with Crippen LogP contribution in [0.25, 0.3) is 0 Å². The molecule has 0 atom stereocenters.